The molecule has 1 fully saturated rings. The molecule has 1 N–H and O–H groups in total. The maximum absolute atomic E-state index is 13.1. The van der Waals surface area contributed by atoms with Gasteiger partial charge in [0.1, 0.15) is 6.04 Å². The topological polar surface area (TPSA) is 96.0 Å². The standard InChI is InChI=1S/C22H23N3O5S/c1-2-30-20(27)16-8-10-17(11-9-16)23-21(28)25-13-12-24(22(29)31)18(19(25)26)14-15-6-4-3-5-7-15/h3-11,18H,2,12-14H2,1H3,(H,23,28)(H,29,31)/t18-/m0/s1. The van der Waals surface area contributed by atoms with E-state index in [2.05, 4.69) is 17.9 Å². The zero-order chi connectivity index (χ0) is 22.4. The van der Waals surface area contributed by atoms with Crippen LogP contribution in [0.5, 0.6) is 0 Å². The Morgan fingerprint density at radius 3 is 2.35 bits per heavy atom. The van der Waals surface area contributed by atoms with Crippen molar-refractivity contribution >= 4 is 41.5 Å². The zero-order valence-corrected chi connectivity index (χ0v) is 17.9. The lowest BCUT2D eigenvalue weighted by molar-refractivity contribution is -0.135. The number of amides is 4. The summed E-state index contributed by atoms with van der Waals surface area (Å²) in [7, 11) is 0. The summed E-state index contributed by atoms with van der Waals surface area (Å²) in [6, 6.07) is 14.0. The molecule has 2 aromatic rings. The fourth-order valence-electron chi connectivity index (χ4n) is 3.35. The fraction of sp³-hybridized carbons (Fsp3) is 0.273. The van der Waals surface area contributed by atoms with Gasteiger partial charge < -0.3 is 15.0 Å². The van der Waals surface area contributed by atoms with E-state index in [1.807, 2.05) is 30.3 Å². The summed E-state index contributed by atoms with van der Waals surface area (Å²) in [6.07, 6.45) is 0.282. The van der Waals surface area contributed by atoms with E-state index in [-0.39, 0.29) is 26.1 Å². The van der Waals surface area contributed by atoms with E-state index >= 15 is 0 Å². The molecule has 8 nitrogen and oxygen atoms in total. The number of thiol groups is 1. The van der Waals surface area contributed by atoms with Crippen LogP contribution in [0.2, 0.25) is 0 Å². The molecule has 2 aromatic carbocycles. The van der Waals surface area contributed by atoms with E-state index in [9.17, 15) is 19.2 Å². The third-order valence-electron chi connectivity index (χ3n) is 4.90. The molecule has 3 rings (SSSR count). The Bertz CT molecular complexity index is 965. The van der Waals surface area contributed by atoms with Gasteiger partial charge in [-0.15, -0.1) is 0 Å². The maximum atomic E-state index is 13.1. The number of carbonyl (C=O) groups excluding carboxylic acids is 4. The van der Waals surface area contributed by atoms with Gasteiger partial charge in [0, 0.05) is 25.2 Å². The van der Waals surface area contributed by atoms with Crippen LogP contribution < -0.4 is 5.32 Å². The third kappa shape index (κ3) is 5.43. The molecule has 1 atom stereocenters. The quantitative estimate of drug-likeness (QED) is 0.549. The van der Waals surface area contributed by atoms with E-state index in [1.54, 1.807) is 19.1 Å². The van der Waals surface area contributed by atoms with Crippen molar-refractivity contribution in [2.75, 3.05) is 25.0 Å². The predicted octanol–water partition coefficient (Wildman–Crippen LogP) is 3.20. The van der Waals surface area contributed by atoms with Gasteiger partial charge in [-0.1, -0.05) is 43.0 Å². The summed E-state index contributed by atoms with van der Waals surface area (Å²) in [4.78, 5) is 52.0. The van der Waals surface area contributed by atoms with Crippen LogP contribution in [-0.4, -0.2) is 58.7 Å². The molecule has 0 aliphatic carbocycles. The fourth-order valence-corrected chi connectivity index (χ4v) is 3.59. The van der Waals surface area contributed by atoms with Gasteiger partial charge in [-0.25, -0.2) is 9.59 Å². The molecule has 1 heterocycles. The number of esters is 1. The van der Waals surface area contributed by atoms with E-state index in [4.69, 9.17) is 4.74 Å². The molecule has 9 heteroatoms. The number of benzene rings is 2. The monoisotopic (exact) mass is 441 g/mol. The van der Waals surface area contributed by atoms with Crippen LogP contribution >= 0.6 is 12.6 Å². The zero-order valence-electron chi connectivity index (χ0n) is 17.0. The summed E-state index contributed by atoms with van der Waals surface area (Å²) in [5, 5.41) is 2.15. The van der Waals surface area contributed by atoms with Crippen LogP contribution in [0.3, 0.4) is 0 Å². The molecule has 0 spiro atoms. The van der Waals surface area contributed by atoms with E-state index in [1.165, 1.54) is 17.0 Å². The van der Waals surface area contributed by atoms with Crippen molar-refractivity contribution in [3.05, 3.63) is 65.7 Å². The number of nitrogens with zero attached hydrogens (tertiary/aromatic N) is 2. The molecule has 0 bridgehead atoms. The number of carbonyl (C=O) groups is 4. The van der Waals surface area contributed by atoms with Gasteiger partial charge in [0.15, 0.2) is 0 Å². The number of hydrogen-bond acceptors (Lipinski definition) is 5. The van der Waals surface area contributed by atoms with Crippen LogP contribution in [0.15, 0.2) is 54.6 Å². The van der Waals surface area contributed by atoms with Crippen LogP contribution in [-0.2, 0) is 16.0 Å². The predicted molar refractivity (Wildman–Crippen MR) is 118 cm³/mol. The lowest BCUT2D eigenvalue weighted by Gasteiger charge is -2.38. The van der Waals surface area contributed by atoms with Gasteiger partial charge in [0.05, 0.1) is 12.2 Å². The summed E-state index contributed by atoms with van der Waals surface area (Å²) < 4.78 is 4.93. The minimum atomic E-state index is -0.821. The molecule has 0 unspecified atom stereocenters. The Kier molecular flexibility index (Phi) is 7.30. The molecule has 0 aromatic heterocycles. The largest absolute Gasteiger partial charge is 0.462 e. The highest BCUT2D eigenvalue weighted by atomic mass is 32.1. The molecule has 162 valence electrons. The molecule has 4 amide bonds. The van der Waals surface area contributed by atoms with Crippen molar-refractivity contribution in [2.24, 2.45) is 0 Å². The molecule has 31 heavy (non-hydrogen) atoms. The van der Waals surface area contributed by atoms with Gasteiger partial charge in [-0.3, -0.25) is 14.5 Å². The highest BCUT2D eigenvalue weighted by Crippen LogP contribution is 2.20. The number of imide groups is 1. The molecule has 0 radical (unpaired) electrons. The van der Waals surface area contributed by atoms with Crippen LogP contribution in [0, 0.1) is 0 Å². The minimum Gasteiger partial charge on any atom is -0.462 e. The maximum Gasteiger partial charge on any atom is 0.338 e. The smallest absolute Gasteiger partial charge is 0.338 e. The second-order valence-electron chi connectivity index (χ2n) is 6.90. The number of ether oxygens (including phenoxy) is 1. The first-order chi connectivity index (χ1) is 14.9. The lowest BCUT2D eigenvalue weighted by atomic mass is 10.0. The van der Waals surface area contributed by atoms with Crippen LogP contribution in [0.1, 0.15) is 22.8 Å². The second-order valence-corrected chi connectivity index (χ2v) is 7.28. The van der Waals surface area contributed by atoms with Crippen LogP contribution in [0.25, 0.3) is 0 Å². The molecule has 1 saturated heterocycles. The molecule has 1 aliphatic heterocycles. The van der Waals surface area contributed by atoms with Gasteiger partial charge in [0.25, 0.3) is 11.1 Å². The Hall–Kier alpha value is -3.33. The van der Waals surface area contributed by atoms with E-state index in [0.29, 0.717) is 11.3 Å². The van der Waals surface area contributed by atoms with Gasteiger partial charge in [0.2, 0.25) is 0 Å². The highest BCUT2D eigenvalue weighted by molar-refractivity contribution is 7.96. The van der Waals surface area contributed by atoms with Gasteiger partial charge >= 0.3 is 12.0 Å². The first-order valence-electron chi connectivity index (χ1n) is 9.83. The van der Waals surface area contributed by atoms with Crippen molar-refractivity contribution in [2.45, 2.75) is 19.4 Å². The Labute approximate surface area is 185 Å². The minimum absolute atomic E-state index is 0.0587. The first kappa shape index (κ1) is 22.4. The third-order valence-corrected chi connectivity index (χ3v) is 5.16. The van der Waals surface area contributed by atoms with Crippen molar-refractivity contribution in [1.29, 1.82) is 0 Å². The SMILES string of the molecule is CCOC(=O)c1ccc(NC(=O)N2CCN(C(=O)S)[C@@H](Cc3ccccc3)C2=O)cc1. The van der Waals surface area contributed by atoms with Gasteiger partial charge in [-0.2, -0.15) is 0 Å². The first-order valence-corrected chi connectivity index (χ1v) is 10.3. The highest BCUT2D eigenvalue weighted by Gasteiger charge is 2.39. The summed E-state index contributed by atoms with van der Waals surface area (Å²) in [5.74, 6) is -0.926. The molecular formula is C22H23N3O5S. The normalized spacial score (nSPS) is 16.1. The van der Waals surface area contributed by atoms with Crippen molar-refractivity contribution in [3.8, 4) is 0 Å². The Morgan fingerprint density at radius 2 is 1.74 bits per heavy atom. The molecular weight excluding hydrogens is 418 g/mol. The Balaban J connectivity index is 1.71. The van der Waals surface area contributed by atoms with Crippen molar-refractivity contribution in [3.63, 3.8) is 0 Å². The van der Waals surface area contributed by atoms with E-state index < -0.39 is 29.2 Å². The number of piperazine rings is 1. The molecule has 0 saturated carbocycles. The molecule has 1 aliphatic rings. The van der Waals surface area contributed by atoms with E-state index in [0.717, 1.165) is 10.5 Å². The van der Waals surface area contributed by atoms with Crippen molar-refractivity contribution < 1.29 is 23.9 Å². The number of anilines is 1. The van der Waals surface area contributed by atoms with Crippen LogP contribution in [0.4, 0.5) is 15.3 Å². The average molecular weight is 442 g/mol. The second kappa shape index (κ2) is 10.1. The summed E-state index contributed by atoms with van der Waals surface area (Å²) >= 11 is 3.89. The van der Waals surface area contributed by atoms with Gasteiger partial charge in [-0.05, 0) is 36.8 Å². The number of nitrogens with one attached hydrogen (secondary N) is 1. The lowest BCUT2D eigenvalue weighted by Crippen LogP contribution is -2.60. The number of rotatable bonds is 5. The number of urea groups is 1. The Morgan fingerprint density at radius 1 is 1.06 bits per heavy atom. The van der Waals surface area contributed by atoms with Crippen molar-refractivity contribution in [1.82, 2.24) is 9.80 Å². The summed E-state index contributed by atoms with van der Waals surface area (Å²) in [6.45, 7) is 2.24. The number of hydrogen-bond donors (Lipinski definition) is 2. The summed E-state index contributed by atoms with van der Waals surface area (Å²) in [5.41, 5.74) is 1.66. The average Bonchev–Trinajstić information content (AvgIpc) is 2.76.